The molecule has 5 nitrogen and oxygen atoms in total. The van der Waals surface area contributed by atoms with Gasteiger partial charge in [-0.1, -0.05) is 6.92 Å². The van der Waals surface area contributed by atoms with Crippen molar-refractivity contribution < 1.29 is 0 Å². The van der Waals surface area contributed by atoms with Crippen LogP contribution in [-0.4, -0.2) is 19.7 Å². The molecule has 0 aliphatic carbocycles. The Labute approximate surface area is 121 Å². The molecule has 1 N–H and O–H groups in total. The van der Waals surface area contributed by atoms with Crippen molar-refractivity contribution >= 4 is 21.7 Å². The zero-order valence-corrected chi connectivity index (χ0v) is 13.0. The van der Waals surface area contributed by atoms with Gasteiger partial charge in [0.15, 0.2) is 0 Å². The van der Waals surface area contributed by atoms with Gasteiger partial charge in [0.1, 0.15) is 16.2 Å². The molecule has 0 bridgehead atoms. The van der Waals surface area contributed by atoms with Gasteiger partial charge in [-0.15, -0.1) is 0 Å². The Morgan fingerprint density at radius 2 is 2.16 bits per heavy atom. The summed E-state index contributed by atoms with van der Waals surface area (Å²) in [7, 11) is 1.94. The minimum absolute atomic E-state index is 0.717. The minimum Gasteiger partial charge on any atom is -0.366 e. The van der Waals surface area contributed by atoms with Gasteiger partial charge in [-0.2, -0.15) is 5.10 Å². The molecule has 0 spiro atoms. The topological polar surface area (TPSA) is 55.6 Å². The first-order valence-electron chi connectivity index (χ1n) is 6.35. The molecular weight excluding hydrogens is 306 g/mol. The van der Waals surface area contributed by atoms with E-state index in [1.54, 1.807) is 0 Å². The lowest BCUT2D eigenvalue weighted by molar-refractivity contribution is 0.738. The monoisotopic (exact) mass is 323 g/mol. The third kappa shape index (κ3) is 3.53. The fourth-order valence-electron chi connectivity index (χ4n) is 1.79. The van der Waals surface area contributed by atoms with E-state index in [1.807, 2.05) is 24.0 Å². The van der Waals surface area contributed by atoms with Crippen molar-refractivity contribution in [2.75, 3.05) is 5.32 Å². The van der Waals surface area contributed by atoms with Crippen molar-refractivity contribution in [3.05, 3.63) is 33.9 Å². The van der Waals surface area contributed by atoms with Gasteiger partial charge < -0.3 is 5.32 Å². The van der Waals surface area contributed by atoms with Crippen molar-refractivity contribution in [3.63, 3.8) is 0 Å². The molecule has 19 heavy (non-hydrogen) atoms. The first kappa shape index (κ1) is 14.0. The van der Waals surface area contributed by atoms with E-state index < -0.39 is 0 Å². The maximum Gasteiger partial charge on any atom is 0.132 e. The summed E-state index contributed by atoms with van der Waals surface area (Å²) in [5.74, 6) is 1.70. The highest BCUT2D eigenvalue weighted by Crippen LogP contribution is 2.15. The van der Waals surface area contributed by atoms with E-state index in [4.69, 9.17) is 0 Å². The molecule has 0 radical (unpaired) electrons. The van der Waals surface area contributed by atoms with E-state index in [1.165, 1.54) is 5.56 Å². The van der Waals surface area contributed by atoms with Gasteiger partial charge >= 0.3 is 0 Å². The average molecular weight is 324 g/mol. The van der Waals surface area contributed by atoms with E-state index in [9.17, 15) is 0 Å². The largest absolute Gasteiger partial charge is 0.366 e. The van der Waals surface area contributed by atoms with Crippen LogP contribution in [0.4, 0.5) is 5.82 Å². The number of halogens is 1. The molecule has 0 amide bonds. The van der Waals surface area contributed by atoms with Crippen LogP contribution < -0.4 is 5.32 Å². The third-order valence-electron chi connectivity index (χ3n) is 3.01. The quantitative estimate of drug-likeness (QED) is 0.859. The maximum absolute atomic E-state index is 4.50. The normalized spacial score (nSPS) is 10.7. The van der Waals surface area contributed by atoms with E-state index in [2.05, 4.69) is 50.2 Å². The van der Waals surface area contributed by atoms with Crippen LogP contribution in [0, 0.1) is 6.92 Å². The summed E-state index contributed by atoms with van der Waals surface area (Å²) < 4.78 is 2.69. The Bertz CT molecular complexity index is 564. The number of anilines is 1. The standard InChI is InChI=1S/C13H18BrN5/c1-4-5-12-17-11(14)6-13(18-12)15-7-10-8-16-19(3)9(10)2/h6,8H,4-5,7H2,1-3H3,(H,15,17,18). The van der Waals surface area contributed by atoms with Gasteiger partial charge in [-0.05, 0) is 29.3 Å². The maximum atomic E-state index is 4.50. The molecule has 0 atom stereocenters. The minimum atomic E-state index is 0.717. The zero-order valence-electron chi connectivity index (χ0n) is 11.4. The van der Waals surface area contributed by atoms with Crippen molar-refractivity contribution in [3.8, 4) is 0 Å². The predicted molar refractivity (Wildman–Crippen MR) is 79.0 cm³/mol. The molecule has 2 aromatic heterocycles. The lowest BCUT2D eigenvalue weighted by Gasteiger charge is -2.07. The van der Waals surface area contributed by atoms with Crippen molar-refractivity contribution in [2.24, 2.45) is 7.05 Å². The molecule has 0 saturated carbocycles. The van der Waals surface area contributed by atoms with Crippen LogP contribution in [0.5, 0.6) is 0 Å². The van der Waals surface area contributed by atoms with Crippen molar-refractivity contribution in [1.29, 1.82) is 0 Å². The third-order valence-corrected chi connectivity index (χ3v) is 3.42. The number of hydrogen-bond donors (Lipinski definition) is 1. The second-order valence-corrected chi connectivity index (χ2v) is 5.29. The van der Waals surface area contributed by atoms with E-state index in [0.717, 1.165) is 34.8 Å². The van der Waals surface area contributed by atoms with Gasteiger partial charge in [0.05, 0.1) is 6.20 Å². The van der Waals surface area contributed by atoms with E-state index in [0.29, 0.717) is 6.54 Å². The van der Waals surface area contributed by atoms with Crippen LogP contribution in [0.3, 0.4) is 0 Å². The summed E-state index contributed by atoms with van der Waals surface area (Å²) in [6, 6.07) is 1.89. The smallest absolute Gasteiger partial charge is 0.132 e. The van der Waals surface area contributed by atoms with Gasteiger partial charge in [0.25, 0.3) is 0 Å². The van der Waals surface area contributed by atoms with Crippen LogP contribution in [0.2, 0.25) is 0 Å². The zero-order chi connectivity index (χ0) is 13.8. The Kier molecular flexibility index (Phi) is 4.52. The molecule has 0 aliphatic heterocycles. The number of nitrogens with one attached hydrogen (secondary N) is 1. The summed E-state index contributed by atoms with van der Waals surface area (Å²) in [6.07, 6.45) is 3.81. The average Bonchev–Trinajstić information content (AvgIpc) is 2.67. The van der Waals surface area contributed by atoms with Crippen molar-refractivity contribution in [2.45, 2.75) is 33.2 Å². The Balaban J connectivity index is 2.08. The first-order valence-corrected chi connectivity index (χ1v) is 7.14. The van der Waals surface area contributed by atoms with Gasteiger partial charge in [-0.25, -0.2) is 9.97 Å². The molecule has 0 aliphatic rings. The van der Waals surface area contributed by atoms with Crippen molar-refractivity contribution in [1.82, 2.24) is 19.7 Å². The van der Waals surface area contributed by atoms with Crippen LogP contribution >= 0.6 is 15.9 Å². The van der Waals surface area contributed by atoms with E-state index >= 15 is 0 Å². The molecule has 6 heteroatoms. The number of hydrogen-bond acceptors (Lipinski definition) is 4. The number of aryl methyl sites for hydroxylation is 2. The highest BCUT2D eigenvalue weighted by molar-refractivity contribution is 9.10. The highest BCUT2D eigenvalue weighted by atomic mass is 79.9. The molecule has 2 aromatic rings. The molecular formula is C13H18BrN5. The Morgan fingerprint density at radius 1 is 1.37 bits per heavy atom. The van der Waals surface area contributed by atoms with Gasteiger partial charge in [-0.3, -0.25) is 4.68 Å². The predicted octanol–water partition coefficient (Wildman–Crippen LogP) is 2.85. The fraction of sp³-hybridized carbons (Fsp3) is 0.462. The molecule has 0 unspecified atom stereocenters. The van der Waals surface area contributed by atoms with E-state index in [-0.39, 0.29) is 0 Å². The molecule has 2 heterocycles. The summed E-state index contributed by atoms with van der Waals surface area (Å²) in [5, 5.41) is 7.55. The highest BCUT2D eigenvalue weighted by Gasteiger charge is 2.06. The number of rotatable bonds is 5. The second-order valence-electron chi connectivity index (χ2n) is 4.47. The van der Waals surface area contributed by atoms with Gasteiger partial charge in [0.2, 0.25) is 0 Å². The summed E-state index contributed by atoms with van der Waals surface area (Å²) in [4.78, 5) is 8.84. The fourth-order valence-corrected chi connectivity index (χ4v) is 2.22. The molecule has 102 valence electrons. The second kappa shape index (κ2) is 6.14. The van der Waals surface area contributed by atoms with Crippen LogP contribution in [0.1, 0.15) is 30.4 Å². The van der Waals surface area contributed by atoms with Crippen LogP contribution in [0.15, 0.2) is 16.9 Å². The number of nitrogens with zero attached hydrogens (tertiary/aromatic N) is 4. The first-order chi connectivity index (χ1) is 9.10. The lowest BCUT2D eigenvalue weighted by atomic mass is 10.2. The van der Waals surface area contributed by atoms with Gasteiger partial charge in [0, 0.05) is 37.3 Å². The number of aromatic nitrogens is 4. The molecule has 2 rings (SSSR count). The summed E-state index contributed by atoms with van der Waals surface area (Å²) in [6.45, 7) is 4.90. The SMILES string of the molecule is CCCc1nc(Br)cc(NCc2cnn(C)c2C)n1. The summed E-state index contributed by atoms with van der Waals surface area (Å²) >= 11 is 3.42. The lowest BCUT2D eigenvalue weighted by Crippen LogP contribution is -2.05. The molecule has 0 saturated heterocycles. The Morgan fingerprint density at radius 3 is 2.79 bits per heavy atom. The van der Waals surface area contributed by atoms with Crippen LogP contribution in [-0.2, 0) is 20.0 Å². The molecule has 0 aromatic carbocycles. The Hall–Kier alpha value is -1.43. The molecule has 0 fully saturated rings. The summed E-state index contributed by atoms with van der Waals surface area (Å²) in [5.41, 5.74) is 2.34. The van der Waals surface area contributed by atoms with Crippen LogP contribution in [0.25, 0.3) is 0 Å².